The van der Waals surface area contributed by atoms with Crippen LogP contribution in [0.4, 0.5) is 0 Å². The van der Waals surface area contributed by atoms with Gasteiger partial charge in [0.25, 0.3) is 0 Å². The zero-order valence-electron chi connectivity index (χ0n) is 5.13. The molecule has 50 valence electrons. The number of hydrogen-bond acceptors (Lipinski definition) is 2. The van der Waals surface area contributed by atoms with Crippen LogP contribution in [0.25, 0.3) is 10.2 Å². The van der Waals surface area contributed by atoms with E-state index in [4.69, 9.17) is 0 Å². The Labute approximate surface area is 61.1 Å². The van der Waals surface area contributed by atoms with E-state index >= 15 is 0 Å². The summed E-state index contributed by atoms with van der Waals surface area (Å²) in [5.41, 5.74) is 0.0926. The maximum atomic E-state index is 11.0. The Bertz CT molecular complexity index is 401. The molecule has 0 spiro atoms. The van der Waals surface area contributed by atoms with Crippen molar-refractivity contribution in [3.05, 3.63) is 33.9 Å². The lowest BCUT2D eigenvalue weighted by Gasteiger charge is -1.83. The summed E-state index contributed by atoms with van der Waals surface area (Å²) in [5.74, 6) is 0. The van der Waals surface area contributed by atoms with Crippen LogP contribution in [-0.2, 0) is 0 Å². The standard InChI is InChI=1S/C7H5NOS/c9-6-1-3-8-7-5(6)2-4-10-7/h1-4H,(H,8,9). The normalized spacial score (nSPS) is 10.4. The van der Waals surface area contributed by atoms with Gasteiger partial charge in [-0.25, -0.2) is 0 Å². The third-order valence-corrected chi connectivity index (χ3v) is 2.23. The monoisotopic (exact) mass is 151 g/mol. The second kappa shape index (κ2) is 1.95. The first-order valence-corrected chi connectivity index (χ1v) is 3.81. The molecule has 0 bridgehead atoms. The third kappa shape index (κ3) is 0.675. The fourth-order valence-electron chi connectivity index (χ4n) is 0.898. The van der Waals surface area contributed by atoms with E-state index in [1.165, 1.54) is 6.07 Å². The zero-order valence-corrected chi connectivity index (χ0v) is 5.94. The quantitative estimate of drug-likeness (QED) is 0.609. The predicted molar refractivity (Wildman–Crippen MR) is 42.4 cm³/mol. The summed E-state index contributed by atoms with van der Waals surface area (Å²) in [6, 6.07) is 3.37. The number of thiophene rings is 1. The molecule has 2 aromatic heterocycles. The van der Waals surface area contributed by atoms with Gasteiger partial charge in [-0.3, -0.25) is 4.79 Å². The van der Waals surface area contributed by atoms with E-state index in [1.807, 2.05) is 11.4 Å². The molecule has 0 saturated heterocycles. The van der Waals surface area contributed by atoms with Crippen molar-refractivity contribution in [1.82, 2.24) is 4.98 Å². The summed E-state index contributed by atoms with van der Waals surface area (Å²) < 4.78 is 0. The first-order chi connectivity index (χ1) is 4.88. The van der Waals surface area contributed by atoms with Gasteiger partial charge >= 0.3 is 0 Å². The van der Waals surface area contributed by atoms with Crippen molar-refractivity contribution >= 4 is 21.6 Å². The number of fused-ring (bicyclic) bond motifs is 1. The number of pyridine rings is 1. The average Bonchev–Trinajstić information content (AvgIpc) is 2.36. The molecular formula is C7H5NOS. The highest BCUT2D eigenvalue weighted by Gasteiger charge is 1.95. The van der Waals surface area contributed by atoms with Crippen molar-refractivity contribution in [3.63, 3.8) is 0 Å². The van der Waals surface area contributed by atoms with Crippen LogP contribution in [0.2, 0.25) is 0 Å². The number of rotatable bonds is 0. The van der Waals surface area contributed by atoms with Gasteiger partial charge in [-0.2, -0.15) is 0 Å². The van der Waals surface area contributed by atoms with Crippen molar-refractivity contribution in [1.29, 1.82) is 0 Å². The number of nitrogens with one attached hydrogen (secondary N) is 1. The minimum atomic E-state index is 0.0926. The van der Waals surface area contributed by atoms with Crippen molar-refractivity contribution in [3.8, 4) is 0 Å². The third-order valence-electron chi connectivity index (χ3n) is 1.38. The number of H-pyrrole nitrogens is 1. The highest BCUT2D eigenvalue weighted by atomic mass is 32.1. The van der Waals surface area contributed by atoms with Gasteiger partial charge in [0.05, 0.1) is 5.39 Å². The summed E-state index contributed by atoms with van der Waals surface area (Å²) >= 11 is 1.55. The van der Waals surface area contributed by atoms with Crippen molar-refractivity contribution < 1.29 is 0 Å². The summed E-state index contributed by atoms with van der Waals surface area (Å²) in [7, 11) is 0. The van der Waals surface area contributed by atoms with Gasteiger partial charge < -0.3 is 4.98 Å². The molecule has 0 saturated carbocycles. The SMILES string of the molecule is O=c1cc[nH]c2sccc12. The number of aromatic amines is 1. The van der Waals surface area contributed by atoms with Gasteiger partial charge in [0.1, 0.15) is 4.83 Å². The second-order valence-electron chi connectivity index (χ2n) is 2.01. The Morgan fingerprint density at radius 3 is 3.10 bits per heavy atom. The van der Waals surface area contributed by atoms with E-state index in [0.717, 1.165) is 10.2 Å². The molecule has 0 radical (unpaired) electrons. The highest BCUT2D eigenvalue weighted by molar-refractivity contribution is 7.16. The average molecular weight is 151 g/mol. The molecule has 2 rings (SSSR count). The Morgan fingerprint density at radius 1 is 1.40 bits per heavy atom. The fraction of sp³-hybridized carbons (Fsp3) is 0. The fourth-order valence-corrected chi connectivity index (χ4v) is 1.67. The van der Waals surface area contributed by atoms with E-state index in [9.17, 15) is 4.79 Å². The molecule has 2 nitrogen and oxygen atoms in total. The van der Waals surface area contributed by atoms with Crippen LogP contribution in [-0.4, -0.2) is 4.98 Å². The Hall–Kier alpha value is -1.09. The summed E-state index contributed by atoms with van der Waals surface area (Å²) in [4.78, 5) is 15.0. The van der Waals surface area contributed by atoms with E-state index in [2.05, 4.69) is 4.98 Å². The minimum absolute atomic E-state index is 0.0926. The topological polar surface area (TPSA) is 32.9 Å². The molecule has 0 amide bonds. The van der Waals surface area contributed by atoms with Crippen molar-refractivity contribution in [2.75, 3.05) is 0 Å². The van der Waals surface area contributed by atoms with E-state index in [1.54, 1.807) is 17.5 Å². The largest absolute Gasteiger partial charge is 0.353 e. The molecule has 10 heavy (non-hydrogen) atoms. The molecule has 2 aromatic rings. The van der Waals surface area contributed by atoms with Crippen molar-refractivity contribution in [2.24, 2.45) is 0 Å². The van der Waals surface area contributed by atoms with Crippen LogP contribution in [0.15, 0.2) is 28.5 Å². The molecule has 2 heterocycles. The molecule has 0 aromatic carbocycles. The van der Waals surface area contributed by atoms with Crippen molar-refractivity contribution in [2.45, 2.75) is 0 Å². The summed E-state index contributed by atoms with van der Waals surface area (Å²) in [6.07, 6.45) is 1.67. The van der Waals surface area contributed by atoms with Crippen LogP contribution >= 0.6 is 11.3 Å². The first-order valence-electron chi connectivity index (χ1n) is 2.93. The Balaban J connectivity index is 3.09. The zero-order chi connectivity index (χ0) is 6.97. The second-order valence-corrected chi connectivity index (χ2v) is 2.92. The van der Waals surface area contributed by atoms with E-state index in [0.29, 0.717) is 0 Å². The molecule has 3 heteroatoms. The number of aromatic nitrogens is 1. The molecule has 0 fully saturated rings. The molecule has 0 aliphatic rings. The number of hydrogen-bond donors (Lipinski definition) is 1. The van der Waals surface area contributed by atoms with Gasteiger partial charge in [-0.15, -0.1) is 11.3 Å². The maximum absolute atomic E-state index is 11.0. The van der Waals surface area contributed by atoms with Crippen LogP contribution in [0.1, 0.15) is 0 Å². The van der Waals surface area contributed by atoms with Gasteiger partial charge in [0.2, 0.25) is 0 Å². The summed E-state index contributed by atoms with van der Waals surface area (Å²) in [6.45, 7) is 0. The van der Waals surface area contributed by atoms with Crippen LogP contribution < -0.4 is 5.43 Å². The molecule has 0 atom stereocenters. The lowest BCUT2D eigenvalue weighted by molar-refractivity contribution is 1.42. The van der Waals surface area contributed by atoms with Crippen LogP contribution in [0.3, 0.4) is 0 Å². The van der Waals surface area contributed by atoms with E-state index < -0.39 is 0 Å². The molecule has 0 unspecified atom stereocenters. The molecular weight excluding hydrogens is 146 g/mol. The molecule has 0 aliphatic carbocycles. The smallest absolute Gasteiger partial charge is 0.190 e. The van der Waals surface area contributed by atoms with Crippen LogP contribution in [0, 0.1) is 0 Å². The highest BCUT2D eigenvalue weighted by Crippen LogP contribution is 2.12. The molecule has 0 aliphatic heterocycles. The lowest BCUT2D eigenvalue weighted by Crippen LogP contribution is -1.96. The Morgan fingerprint density at radius 2 is 2.30 bits per heavy atom. The summed E-state index contributed by atoms with van der Waals surface area (Å²) in [5, 5.41) is 2.69. The van der Waals surface area contributed by atoms with Gasteiger partial charge in [0.15, 0.2) is 5.43 Å². The Kier molecular flexibility index (Phi) is 1.11. The molecule has 1 N–H and O–H groups in total. The maximum Gasteiger partial charge on any atom is 0.190 e. The van der Waals surface area contributed by atoms with E-state index in [-0.39, 0.29) is 5.43 Å². The predicted octanol–water partition coefficient (Wildman–Crippen LogP) is 1.59. The first kappa shape index (κ1) is 5.68. The van der Waals surface area contributed by atoms with Gasteiger partial charge in [-0.1, -0.05) is 0 Å². The van der Waals surface area contributed by atoms with Crippen LogP contribution in [0.5, 0.6) is 0 Å². The minimum Gasteiger partial charge on any atom is -0.353 e. The lowest BCUT2D eigenvalue weighted by atomic mass is 10.3. The van der Waals surface area contributed by atoms with Gasteiger partial charge in [0, 0.05) is 12.3 Å². The van der Waals surface area contributed by atoms with Gasteiger partial charge in [-0.05, 0) is 11.4 Å².